The van der Waals surface area contributed by atoms with Crippen molar-refractivity contribution in [1.82, 2.24) is 0 Å². The van der Waals surface area contributed by atoms with Gasteiger partial charge in [-0.1, -0.05) is 181 Å². The summed E-state index contributed by atoms with van der Waals surface area (Å²) in [5.41, 5.74) is 10.7. The number of amides is 1. The Morgan fingerprint density at radius 1 is 0.487 bits per heavy atom. The number of rotatable bonds is 30. The van der Waals surface area contributed by atoms with Crippen molar-refractivity contribution in [2.24, 2.45) is 11.5 Å². The highest BCUT2D eigenvalue weighted by atomic mass is 16.4. The van der Waals surface area contributed by atoms with Crippen molar-refractivity contribution in [2.75, 3.05) is 0 Å². The number of unbranched alkanes of at least 4 members (excludes halogenated alkanes) is 25. The quantitative estimate of drug-likeness (QED) is 0.0767. The van der Waals surface area contributed by atoms with Gasteiger partial charge in [0, 0.05) is 6.42 Å². The van der Waals surface area contributed by atoms with Crippen molar-refractivity contribution in [3.63, 3.8) is 0 Å². The van der Waals surface area contributed by atoms with Gasteiger partial charge >= 0.3 is 5.97 Å². The normalized spacial score (nSPS) is 11.7. The number of carbonyl (C=O) groups excluding carboxylic acids is 1. The first-order chi connectivity index (χ1) is 19.0. The van der Waals surface area contributed by atoms with Gasteiger partial charge in [-0.05, 0) is 12.8 Å². The van der Waals surface area contributed by atoms with E-state index in [0.717, 1.165) is 25.7 Å². The van der Waals surface area contributed by atoms with Crippen molar-refractivity contribution in [3.8, 4) is 0 Å². The molecule has 0 spiro atoms. The highest BCUT2D eigenvalue weighted by Crippen LogP contribution is 2.14. The van der Waals surface area contributed by atoms with Crippen LogP contribution in [0.4, 0.5) is 0 Å². The Bertz CT molecular complexity index is 499. The average molecular weight is 555 g/mol. The van der Waals surface area contributed by atoms with Crippen LogP contribution in [0.5, 0.6) is 0 Å². The Morgan fingerprint density at radius 3 is 1.00 bits per heavy atom. The SMILES string of the molecule is CCCCCCCCCCCCCCC(N)C(N)=O.CCCCCCCCCCCCCCCCCC(=O)O. The molecule has 0 aliphatic rings. The van der Waals surface area contributed by atoms with Crippen LogP contribution in [-0.2, 0) is 9.59 Å². The first kappa shape index (κ1) is 40.0. The highest BCUT2D eigenvalue weighted by molar-refractivity contribution is 5.79. The Balaban J connectivity index is 0. The molecule has 39 heavy (non-hydrogen) atoms. The number of carboxylic acid groups (broad SMARTS) is 1. The maximum absolute atomic E-state index is 10.7. The number of nitrogens with two attached hydrogens (primary N) is 2. The summed E-state index contributed by atoms with van der Waals surface area (Å²) in [6, 6.07) is -0.442. The second-order valence-corrected chi connectivity index (χ2v) is 11.8. The monoisotopic (exact) mass is 555 g/mol. The number of carbonyl (C=O) groups is 2. The first-order valence-electron chi connectivity index (χ1n) is 17.2. The molecule has 1 amide bonds. The topological polar surface area (TPSA) is 106 Å². The molecule has 1 atom stereocenters. The largest absolute Gasteiger partial charge is 0.481 e. The molecular weight excluding hydrogens is 484 g/mol. The van der Waals surface area contributed by atoms with Crippen LogP contribution in [0.2, 0.25) is 0 Å². The molecule has 0 heterocycles. The van der Waals surface area contributed by atoms with E-state index in [4.69, 9.17) is 16.6 Å². The molecule has 0 fully saturated rings. The molecule has 0 aromatic carbocycles. The lowest BCUT2D eigenvalue weighted by Gasteiger charge is -2.06. The molecule has 5 heteroatoms. The summed E-state index contributed by atoms with van der Waals surface area (Å²) in [6.45, 7) is 4.53. The number of carboxylic acids is 1. The maximum Gasteiger partial charge on any atom is 0.303 e. The number of primary amides is 1. The van der Waals surface area contributed by atoms with Crippen molar-refractivity contribution >= 4 is 11.9 Å². The Morgan fingerprint density at radius 2 is 0.744 bits per heavy atom. The minimum Gasteiger partial charge on any atom is -0.481 e. The third-order valence-corrected chi connectivity index (χ3v) is 7.73. The molecule has 0 aliphatic heterocycles. The van der Waals surface area contributed by atoms with E-state index in [9.17, 15) is 9.59 Å². The van der Waals surface area contributed by atoms with Gasteiger partial charge in [-0.3, -0.25) is 9.59 Å². The standard InChI is InChI=1S/C18H36O2.C16H34N2O/c1-2-3-4-5-6-7-8-9-10-11-12-13-14-15-16-17-18(19)20;1-2-3-4-5-6-7-8-9-10-11-12-13-14-15(17)16(18)19/h2-17H2,1H3,(H,19,20);15H,2-14,17H2,1H3,(H2,18,19). The summed E-state index contributed by atoms with van der Waals surface area (Å²) in [6.07, 6.45) is 36.8. The molecule has 5 nitrogen and oxygen atoms in total. The van der Waals surface area contributed by atoms with Crippen molar-refractivity contribution in [1.29, 1.82) is 0 Å². The summed E-state index contributed by atoms with van der Waals surface area (Å²) < 4.78 is 0. The Kier molecular flexibility index (Phi) is 35.9. The third kappa shape index (κ3) is 39.1. The van der Waals surface area contributed by atoms with Crippen LogP contribution >= 0.6 is 0 Å². The summed E-state index contributed by atoms with van der Waals surface area (Å²) in [4.78, 5) is 21.1. The van der Waals surface area contributed by atoms with E-state index in [1.54, 1.807) is 0 Å². The minimum atomic E-state index is -0.653. The van der Waals surface area contributed by atoms with Crippen LogP contribution in [0.15, 0.2) is 0 Å². The number of hydrogen-bond acceptors (Lipinski definition) is 3. The molecule has 1 unspecified atom stereocenters. The van der Waals surface area contributed by atoms with Crippen molar-refractivity contribution in [3.05, 3.63) is 0 Å². The van der Waals surface area contributed by atoms with Crippen LogP contribution in [-0.4, -0.2) is 23.0 Å². The summed E-state index contributed by atoms with van der Waals surface area (Å²) >= 11 is 0. The molecule has 5 N–H and O–H groups in total. The lowest BCUT2D eigenvalue weighted by molar-refractivity contribution is -0.137. The van der Waals surface area contributed by atoms with E-state index in [0.29, 0.717) is 6.42 Å². The fourth-order valence-corrected chi connectivity index (χ4v) is 5.00. The fraction of sp³-hybridized carbons (Fsp3) is 0.941. The zero-order chi connectivity index (χ0) is 29.2. The Hall–Kier alpha value is -1.10. The molecule has 0 rings (SSSR count). The van der Waals surface area contributed by atoms with Crippen LogP contribution < -0.4 is 11.5 Å². The van der Waals surface area contributed by atoms with Crippen LogP contribution in [0, 0.1) is 0 Å². The van der Waals surface area contributed by atoms with Gasteiger partial charge in [0.25, 0.3) is 0 Å². The number of aliphatic carboxylic acids is 1. The third-order valence-electron chi connectivity index (χ3n) is 7.73. The summed E-state index contributed by atoms with van der Waals surface area (Å²) in [5, 5.41) is 8.52. The average Bonchev–Trinajstić information content (AvgIpc) is 2.91. The molecular formula is C34H70N2O3. The fourth-order valence-electron chi connectivity index (χ4n) is 5.00. The van der Waals surface area contributed by atoms with Gasteiger partial charge < -0.3 is 16.6 Å². The predicted octanol–water partition coefficient (Wildman–Crippen LogP) is 10.2. The van der Waals surface area contributed by atoms with Crippen LogP contribution in [0.1, 0.15) is 200 Å². The molecule has 0 saturated carbocycles. The number of hydrogen-bond donors (Lipinski definition) is 3. The van der Waals surface area contributed by atoms with E-state index in [1.807, 2.05) is 0 Å². The lowest BCUT2D eigenvalue weighted by atomic mass is 10.0. The molecule has 0 bridgehead atoms. The second kappa shape index (κ2) is 34.9. The van der Waals surface area contributed by atoms with Gasteiger partial charge in [0.05, 0.1) is 6.04 Å². The van der Waals surface area contributed by atoms with Gasteiger partial charge in [-0.25, -0.2) is 0 Å². The van der Waals surface area contributed by atoms with Gasteiger partial charge in [-0.15, -0.1) is 0 Å². The Labute approximate surface area is 244 Å². The molecule has 0 aromatic rings. The summed E-state index contributed by atoms with van der Waals surface area (Å²) in [5.74, 6) is -1.03. The van der Waals surface area contributed by atoms with E-state index in [1.165, 1.54) is 154 Å². The van der Waals surface area contributed by atoms with E-state index < -0.39 is 12.0 Å². The minimum absolute atomic E-state index is 0.345. The predicted molar refractivity (Wildman–Crippen MR) is 170 cm³/mol. The van der Waals surface area contributed by atoms with Crippen molar-refractivity contribution < 1.29 is 14.7 Å². The first-order valence-corrected chi connectivity index (χ1v) is 17.2. The zero-order valence-corrected chi connectivity index (χ0v) is 26.5. The molecule has 234 valence electrons. The second-order valence-electron chi connectivity index (χ2n) is 11.8. The van der Waals surface area contributed by atoms with Gasteiger partial charge in [0.2, 0.25) is 5.91 Å². The molecule has 0 radical (unpaired) electrons. The summed E-state index contributed by atoms with van der Waals surface area (Å²) in [7, 11) is 0. The van der Waals surface area contributed by atoms with Crippen molar-refractivity contribution in [2.45, 2.75) is 206 Å². The zero-order valence-electron chi connectivity index (χ0n) is 26.5. The van der Waals surface area contributed by atoms with Gasteiger partial charge in [0.1, 0.15) is 0 Å². The lowest BCUT2D eigenvalue weighted by Crippen LogP contribution is -2.36. The van der Waals surface area contributed by atoms with Gasteiger partial charge in [-0.2, -0.15) is 0 Å². The highest BCUT2D eigenvalue weighted by Gasteiger charge is 2.07. The van der Waals surface area contributed by atoms with E-state index >= 15 is 0 Å². The maximum atomic E-state index is 10.7. The van der Waals surface area contributed by atoms with E-state index in [2.05, 4.69) is 13.8 Å². The van der Waals surface area contributed by atoms with E-state index in [-0.39, 0.29) is 5.91 Å². The van der Waals surface area contributed by atoms with Gasteiger partial charge in [0.15, 0.2) is 0 Å². The smallest absolute Gasteiger partial charge is 0.303 e. The molecule has 0 aliphatic carbocycles. The molecule has 0 aromatic heterocycles. The van der Waals surface area contributed by atoms with Crippen LogP contribution in [0.3, 0.4) is 0 Å². The molecule has 0 saturated heterocycles. The van der Waals surface area contributed by atoms with Crippen LogP contribution in [0.25, 0.3) is 0 Å².